The van der Waals surface area contributed by atoms with Gasteiger partial charge in [-0.3, -0.25) is 0 Å². The van der Waals surface area contributed by atoms with Crippen LogP contribution in [-0.2, 0) is 4.74 Å². The molecule has 1 saturated heterocycles. The van der Waals surface area contributed by atoms with Crippen molar-refractivity contribution >= 4 is 0 Å². The number of oxazole rings is 1. The summed E-state index contributed by atoms with van der Waals surface area (Å²) in [4.78, 5) is 10.6. The summed E-state index contributed by atoms with van der Waals surface area (Å²) in [5.74, 6) is 1.59. The maximum Gasteiger partial charge on any atom is 0.257 e. The molecule has 102 valence electrons. The van der Waals surface area contributed by atoms with Crippen molar-refractivity contribution in [2.45, 2.75) is 26.1 Å². The second-order valence-electron chi connectivity index (χ2n) is 4.87. The van der Waals surface area contributed by atoms with Crippen molar-refractivity contribution in [2.75, 3.05) is 20.1 Å². The van der Waals surface area contributed by atoms with E-state index in [0.29, 0.717) is 23.2 Å². The van der Waals surface area contributed by atoms with Crippen LogP contribution in [0.4, 0.5) is 0 Å². The lowest BCUT2D eigenvalue weighted by atomic mass is 10.2. The van der Waals surface area contributed by atoms with Crippen molar-refractivity contribution < 1.29 is 13.7 Å². The molecular formula is C12H16N4O3. The highest BCUT2D eigenvalue weighted by Gasteiger charge is 2.29. The highest BCUT2D eigenvalue weighted by molar-refractivity contribution is 5.49. The van der Waals surface area contributed by atoms with Gasteiger partial charge in [-0.05, 0) is 20.9 Å². The quantitative estimate of drug-likeness (QED) is 0.811. The molecule has 0 spiro atoms. The van der Waals surface area contributed by atoms with Crippen LogP contribution in [0.5, 0.6) is 0 Å². The van der Waals surface area contributed by atoms with Crippen LogP contribution in [0.2, 0.25) is 0 Å². The molecule has 3 heterocycles. The van der Waals surface area contributed by atoms with Gasteiger partial charge in [0, 0.05) is 13.1 Å². The number of hydrogen-bond donors (Lipinski definition) is 0. The van der Waals surface area contributed by atoms with E-state index in [-0.39, 0.29) is 12.2 Å². The zero-order valence-electron chi connectivity index (χ0n) is 11.2. The van der Waals surface area contributed by atoms with Gasteiger partial charge in [-0.15, -0.1) is 0 Å². The van der Waals surface area contributed by atoms with Crippen molar-refractivity contribution in [1.29, 1.82) is 0 Å². The Labute approximate surface area is 110 Å². The van der Waals surface area contributed by atoms with E-state index in [1.54, 1.807) is 0 Å². The monoisotopic (exact) mass is 264 g/mol. The molecule has 1 aliphatic rings. The Balaban J connectivity index is 1.83. The Kier molecular flexibility index (Phi) is 3.08. The lowest BCUT2D eigenvalue weighted by Crippen LogP contribution is -2.40. The molecule has 0 bridgehead atoms. The molecule has 7 heteroatoms. The Morgan fingerprint density at radius 3 is 2.89 bits per heavy atom. The van der Waals surface area contributed by atoms with Crippen molar-refractivity contribution in [3.63, 3.8) is 0 Å². The van der Waals surface area contributed by atoms with Crippen molar-refractivity contribution in [1.82, 2.24) is 20.0 Å². The Morgan fingerprint density at radius 1 is 1.37 bits per heavy atom. The number of rotatable bonds is 2. The number of hydrogen-bond acceptors (Lipinski definition) is 7. The smallest absolute Gasteiger partial charge is 0.257 e. The van der Waals surface area contributed by atoms with Crippen LogP contribution < -0.4 is 0 Å². The normalized spacial score (nSPS) is 24.8. The predicted octanol–water partition coefficient (Wildman–Crippen LogP) is 1.42. The van der Waals surface area contributed by atoms with Crippen LogP contribution in [0, 0.1) is 6.92 Å². The minimum Gasteiger partial charge on any atom is -0.448 e. The first kappa shape index (κ1) is 12.3. The van der Waals surface area contributed by atoms with Crippen LogP contribution in [0.15, 0.2) is 15.3 Å². The molecule has 0 aromatic carbocycles. The van der Waals surface area contributed by atoms with Gasteiger partial charge < -0.3 is 18.6 Å². The fraction of sp³-hybridized carbons (Fsp3) is 0.583. The maximum absolute atomic E-state index is 5.82. The minimum atomic E-state index is -0.192. The summed E-state index contributed by atoms with van der Waals surface area (Å²) in [5, 5.41) is 3.94. The number of likely N-dealkylation sites (N-methyl/N-ethyl adjacent to an activating group) is 1. The lowest BCUT2D eigenvalue weighted by Gasteiger charge is -2.32. The molecule has 3 rings (SSSR count). The summed E-state index contributed by atoms with van der Waals surface area (Å²) in [6.07, 6.45) is 1.32. The second kappa shape index (κ2) is 4.75. The molecule has 0 N–H and O–H groups in total. The van der Waals surface area contributed by atoms with Crippen LogP contribution in [0.1, 0.15) is 24.7 Å². The fourth-order valence-corrected chi connectivity index (χ4v) is 2.28. The van der Waals surface area contributed by atoms with Gasteiger partial charge in [-0.25, -0.2) is 4.98 Å². The maximum atomic E-state index is 5.82. The van der Waals surface area contributed by atoms with Gasteiger partial charge in [0.25, 0.3) is 5.89 Å². The number of aromatic nitrogens is 3. The molecule has 2 atom stereocenters. The van der Waals surface area contributed by atoms with Gasteiger partial charge in [0.2, 0.25) is 5.82 Å². The highest BCUT2D eigenvalue weighted by Crippen LogP contribution is 2.25. The summed E-state index contributed by atoms with van der Waals surface area (Å²) in [7, 11) is 2.05. The number of ether oxygens (including phenoxy) is 1. The van der Waals surface area contributed by atoms with Crippen LogP contribution in [0.25, 0.3) is 11.5 Å². The minimum absolute atomic E-state index is 0.146. The average Bonchev–Trinajstić information content (AvgIpc) is 2.95. The van der Waals surface area contributed by atoms with E-state index in [0.717, 1.165) is 13.1 Å². The zero-order chi connectivity index (χ0) is 13.4. The molecule has 0 radical (unpaired) electrons. The van der Waals surface area contributed by atoms with E-state index in [1.807, 2.05) is 20.9 Å². The molecule has 0 saturated carbocycles. The zero-order valence-corrected chi connectivity index (χ0v) is 11.2. The van der Waals surface area contributed by atoms with E-state index in [4.69, 9.17) is 13.7 Å². The van der Waals surface area contributed by atoms with Gasteiger partial charge in [0.05, 0.1) is 6.10 Å². The van der Waals surface area contributed by atoms with Crippen molar-refractivity contribution in [2.24, 2.45) is 0 Å². The van der Waals surface area contributed by atoms with E-state index in [1.165, 1.54) is 6.39 Å². The topological polar surface area (TPSA) is 77.4 Å². The van der Waals surface area contributed by atoms with Gasteiger partial charge in [-0.1, -0.05) is 5.16 Å². The molecule has 1 fully saturated rings. The second-order valence-corrected chi connectivity index (χ2v) is 4.87. The summed E-state index contributed by atoms with van der Waals surface area (Å²) < 4.78 is 16.2. The first-order valence-electron chi connectivity index (χ1n) is 6.21. The van der Waals surface area contributed by atoms with E-state index in [2.05, 4.69) is 20.0 Å². The molecule has 7 nitrogen and oxygen atoms in total. The predicted molar refractivity (Wildman–Crippen MR) is 65.3 cm³/mol. The van der Waals surface area contributed by atoms with Crippen molar-refractivity contribution in [3.8, 4) is 11.5 Å². The standard InChI is InChI=1S/C12H16N4O3/c1-7-4-16(3)5-9(18-7)12-14-11(15-19-12)10-8(2)17-6-13-10/h6-7,9H,4-5H2,1-3H3/t7-,9-/m1/s1. The molecular weight excluding hydrogens is 248 g/mol. The average molecular weight is 264 g/mol. The molecule has 2 aromatic rings. The van der Waals surface area contributed by atoms with E-state index in [9.17, 15) is 0 Å². The SMILES string of the molecule is Cc1ocnc1-c1noc([C@H]2CN(C)C[C@@H](C)O2)n1. The summed E-state index contributed by atoms with van der Waals surface area (Å²) in [5.41, 5.74) is 0.604. The largest absolute Gasteiger partial charge is 0.448 e. The van der Waals surface area contributed by atoms with E-state index >= 15 is 0 Å². The Bertz CT molecular complexity index is 555. The van der Waals surface area contributed by atoms with Crippen LogP contribution in [0.3, 0.4) is 0 Å². The summed E-state index contributed by atoms with van der Waals surface area (Å²) in [6.45, 7) is 5.48. The molecule has 0 aliphatic carbocycles. The van der Waals surface area contributed by atoms with Crippen molar-refractivity contribution in [3.05, 3.63) is 18.0 Å². The number of morpholine rings is 1. The fourth-order valence-electron chi connectivity index (χ4n) is 2.28. The number of nitrogens with zero attached hydrogens (tertiary/aromatic N) is 4. The third-order valence-corrected chi connectivity index (χ3v) is 3.12. The molecule has 0 amide bonds. The lowest BCUT2D eigenvalue weighted by molar-refractivity contribution is -0.0838. The first-order valence-corrected chi connectivity index (χ1v) is 6.21. The summed E-state index contributed by atoms with van der Waals surface area (Å²) >= 11 is 0. The third-order valence-electron chi connectivity index (χ3n) is 3.12. The van der Waals surface area contributed by atoms with Crippen LogP contribution >= 0.6 is 0 Å². The third kappa shape index (κ3) is 2.39. The van der Waals surface area contributed by atoms with Crippen LogP contribution in [-0.4, -0.2) is 46.3 Å². The Hall–Kier alpha value is -1.73. The molecule has 1 aliphatic heterocycles. The number of aryl methyl sites for hydroxylation is 1. The summed E-state index contributed by atoms with van der Waals surface area (Å²) in [6, 6.07) is 0. The first-order chi connectivity index (χ1) is 9.13. The molecule has 2 aromatic heterocycles. The van der Waals surface area contributed by atoms with Gasteiger partial charge in [-0.2, -0.15) is 4.98 Å². The van der Waals surface area contributed by atoms with Gasteiger partial charge in [0.1, 0.15) is 11.9 Å². The highest BCUT2D eigenvalue weighted by atomic mass is 16.5. The van der Waals surface area contributed by atoms with Gasteiger partial charge in [0.15, 0.2) is 12.1 Å². The van der Waals surface area contributed by atoms with E-state index < -0.39 is 0 Å². The molecule has 19 heavy (non-hydrogen) atoms. The van der Waals surface area contributed by atoms with Gasteiger partial charge >= 0.3 is 0 Å². The Morgan fingerprint density at radius 2 is 2.21 bits per heavy atom. The molecule has 0 unspecified atom stereocenters.